The van der Waals surface area contributed by atoms with Crippen LogP contribution in [-0.4, -0.2) is 25.7 Å². The molecule has 1 aromatic heterocycles. The Kier molecular flexibility index (Phi) is 2.37. The second-order valence-corrected chi connectivity index (χ2v) is 3.87. The molecule has 0 bridgehead atoms. The van der Waals surface area contributed by atoms with E-state index in [0.29, 0.717) is 5.52 Å². The summed E-state index contributed by atoms with van der Waals surface area (Å²) in [6.45, 7) is 0. The summed E-state index contributed by atoms with van der Waals surface area (Å²) in [7, 11) is 1.39. The molecule has 0 aliphatic rings. The maximum atomic E-state index is 11.0. The molecule has 2 rings (SSSR count). The Morgan fingerprint density at radius 2 is 2.13 bits per heavy atom. The third-order valence-electron chi connectivity index (χ3n) is 2.07. The fraction of sp³-hybridized carbons (Fsp3) is 0.111. The van der Waals surface area contributed by atoms with E-state index in [1.165, 1.54) is 30.0 Å². The minimum absolute atomic E-state index is 0.0779. The molecule has 0 saturated carbocycles. The van der Waals surface area contributed by atoms with Gasteiger partial charge in [-0.3, -0.25) is 0 Å². The Hall–Kier alpha value is -1.53. The molecule has 1 atom stereocenters. The SMILES string of the molecule is COn1c(S(=O)O)cc2ccc(O)cc21. The van der Waals surface area contributed by atoms with Gasteiger partial charge < -0.3 is 14.5 Å². The predicted octanol–water partition coefficient (Wildman–Crippen LogP) is 0.986. The molecule has 0 aliphatic carbocycles. The zero-order chi connectivity index (χ0) is 11.0. The van der Waals surface area contributed by atoms with Crippen LogP contribution in [0.4, 0.5) is 0 Å². The lowest BCUT2D eigenvalue weighted by Gasteiger charge is -2.05. The number of aromatic hydroxyl groups is 1. The minimum atomic E-state index is -2.12. The van der Waals surface area contributed by atoms with E-state index >= 15 is 0 Å². The summed E-state index contributed by atoms with van der Waals surface area (Å²) in [5.41, 5.74) is 0.551. The van der Waals surface area contributed by atoms with Crippen molar-refractivity contribution in [2.24, 2.45) is 0 Å². The molecular formula is C9H9NO4S. The van der Waals surface area contributed by atoms with Crippen molar-refractivity contribution < 1.29 is 18.7 Å². The van der Waals surface area contributed by atoms with Crippen LogP contribution in [0.3, 0.4) is 0 Å². The number of fused-ring (bicyclic) bond motifs is 1. The van der Waals surface area contributed by atoms with E-state index in [0.717, 1.165) is 5.39 Å². The van der Waals surface area contributed by atoms with Crippen molar-refractivity contribution in [2.45, 2.75) is 5.03 Å². The molecule has 0 saturated heterocycles. The highest BCUT2D eigenvalue weighted by Gasteiger charge is 2.13. The molecule has 2 aromatic rings. The van der Waals surface area contributed by atoms with Crippen LogP contribution in [0.2, 0.25) is 0 Å². The summed E-state index contributed by atoms with van der Waals surface area (Å²) >= 11 is -2.12. The lowest BCUT2D eigenvalue weighted by atomic mass is 10.2. The smallest absolute Gasteiger partial charge is 0.207 e. The van der Waals surface area contributed by atoms with E-state index < -0.39 is 11.1 Å². The molecule has 5 nitrogen and oxygen atoms in total. The summed E-state index contributed by atoms with van der Waals surface area (Å²) in [5.74, 6) is 0.0779. The monoisotopic (exact) mass is 227 g/mol. The van der Waals surface area contributed by atoms with E-state index in [1.54, 1.807) is 6.07 Å². The number of aromatic nitrogens is 1. The Balaban J connectivity index is 2.79. The van der Waals surface area contributed by atoms with Crippen LogP contribution in [0.25, 0.3) is 10.9 Å². The molecule has 1 heterocycles. The number of rotatable bonds is 2. The third kappa shape index (κ3) is 1.57. The van der Waals surface area contributed by atoms with E-state index in [2.05, 4.69) is 0 Å². The molecule has 0 aliphatic heterocycles. The molecule has 1 unspecified atom stereocenters. The molecule has 0 spiro atoms. The van der Waals surface area contributed by atoms with E-state index in [-0.39, 0.29) is 10.8 Å². The quantitative estimate of drug-likeness (QED) is 0.750. The van der Waals surface area contributed by atoms with Crippen LogP contribution in [0.15, 0.2) is 29.3 Å². The van der Waals surface area contributed by atoms with E-state index in [4.69, 9.17) is 9.39 Å². The largest absolute Gasteiger partial charge is 0.508 e. The van der Waals surface area contributed by atoms with Crippen LogP contribution in [-0.2, 0) is 11.1 Å². The van der Waals surface area contributed by atoms with Crippen LogP contribution in [0, 0.1) is 0 Å². The Morgan fingerprint density at radius 3 is 2.73 bits per heavy atom. The van der Waals surface area contributed by atoms with Crippen molar-refractivity contribution in [3.05, 3.63) is 24.3 Å². The highest BCUT2D eigenvalue weighted by molar-refractivity contribution is 7.79. The number of phenolic OH excluding ortho intramolecular Hbond substituents is 1. The lowest BCUT2D eigenvalue weighted by Crippen LogP contribution is -2.09. The third-order valence-corrected chi connectivity index (χ3v) is 2.71. The van der Waals surface area contributed by atoms with Gasteiger partial charge in [-0.15, -0.1) is 0 Å². The normalized spacial score (nSPS) is 12.9. The number of hydrogen-bond acceptors (Lipinski definition) is 3. The van der Waals surface area contributed by atoms with Crippen LogP contribution < -0.4 is 4.84 Å². The molecule has 80 valence electrons. The fourth-order valence-corrected chi connectivity index (χ4v) is 1.99. The van der Waals surface area contributed by atoms with E-state index in [1.807, 2.05) is 0 Å². The van der Waals surface area contributed by atoms with Gasteiger partial charge in [-0.25, -0.2) is 4.21 Å². The van der Waals surface area contributed by atoms with Crippen LogP contribution in [0.1, 0.15) is 0 Å². The Bertz CT molecular complexity index is 534. The van der Waals surface area contributed by atoms with Crippen LogP contribution >= 0.6 is 0 Å². The first-order chi connectivity index (χ1) is 7.13. The van der Waals surface area contributed by atoms with Crippen molar-refractivity contribution in [1.82, 2.24) is 4.73 Å². The summed E-state index contributed by atoms with van der Waals surface area (Å²) < 4.78 is 21.2. The van der Waals surface area contributed by atoms with Gasteiger partial charge in [0.05, 0.1) is 5.52 Å². The molecule has 2 N–H and O–H groups in total. The topological polar surface area (TPSA) is 71.7 Å². The second kappa shape index (κ2) is 3.56. The molecule has 15 heavy (non-hydrogen) atoms. The maximum Gasteiger partial charge on any atom is 0.207 e. The highest BCUT2D eigenvalue weighted by Crippen LogP contribution is 2.24. The number of hydrogen-bond donors (Lipinski definition) is 2. The standard InChI is InChI=1S/C9H9NO4S/c1-14-10-8-5-7(11)3-2-6(8)4-9(10)15(12)13/h2-5,11H,1H3,(H,12,13). The zero-order valence-corrected chi connectivity index (χ0v) is 8.69. The summed E-state index contributed by atoms with van der Waals surface area (Å²) in [6, 6.07) is 6.16. The van der Waals surface area contributed by atoms with Crippen molar-refractivity contribution in [3.63, 3.8) is 0 Å². The molecular weight excluding hydrogens is 218 g/mol. The van der Waals surface area contributed by atoms with Gasteiger partial charge in [-0.1, -0.05) is 0 Å². The summed E-state index contributed by atoms with van der Waals surface area (Å²) in [4.78, 5) is 4.97. The zero-order valence-electron chi connectivity index (χ0n) is 7.88. The maximum absolute atomic E-state index is 11.0. The van der Waals surface area contributed by atoms with E-state index in [9.17, 15) is 9.32 Å². The second-order valence-electron chi connectivity index (χ2n) is 2.95. The average Bonchev–Trinajstić information content (AvgIpc) is 2.55. The molecule has 0 radical (unpaired) electrons. The summed E-state index contributed by atoms with van der Waals surface area (Å²) in [6.07, 6.45) is 0. The molecule has 0 amide bonds. The van der Waals surface area contributed by atoms with Gasteiger partial charge in [0.25, 0.3) is 0 Å². The molecule has 1 aromatic carbocycles. The minimum Gasteiger partial charge on any atom is -0.508 e. The van der Waals surface area contributed by atoms with Gasteiger partial charge in [0.2, 0.25) is 11.1 Å². The summed E-state index contributed by atoms with van der Waals surface area (Å²) in [5, 5.41) is 10.2. The van der Waals surface area contributed by atoms with Gasteiger partial charge in [0.15, 0.2) is 5.03 Å². The lowest BCUT2D eigenvalue weighted by molar-refractivity contribution is 0.156. The first-order valence-corrected chi connectivity index (χ1v) is 5.24. The first kappa shape index (κ1) is 10.0. The van der Waals surface area contributed by atoms with Gasteiger partial charge in [0.1, 0.15) is 12.9 Å². The van der Waals surface area contributed by atoms with Gasteiger partial charge in [-0.05, 0) is 18.2 Å². The van der Waals surface area contributed by atoms with Crippen LogP contribution in [0.5, 0.6) is 5.75 Å². The van der Waals surface area contributed by atoms with Crippen molar-refractivity contribution >= 4 is 22.0 Å². The number of benzene rings is 1. The molecule has 0 fully saturated rings. The van der Waals surface area contributed by atoms with Crippen molar-refractivity contribution in [2.75, 3.05) is 7.11 Å². The highest BCUT2D eigenvalue weighted by atomic mass is 32.2. The van der Waals surface area contributed by atoms with Gasteiger partial charge in [-0.2, -0.15) is 4.73 Å². The van der Waals surface area contributed by atoms with Crippen molar-refractivity contribution in [1.29, 1.82) is 0 Å². The molecule has 6 heteroatoms. The Labute approximate surface area is 88.1 Å². The Morgan fingerprint density at radius 1 is 1.40 bits per heavy atom. The van der Waals surface area contributed by atoms with Crippen molar-refractivity contribution in [3.8, 4) is 5.75 Å². The van der Waals surface area contributed by atoms with Gasteiger partial charge >= 0.3 is 0 Å². The number of phenols is 1. The fourth-order valence-electron chi connectivity index (χ4n) is 1.45. The number of nitrogens with zero attached hydrogens (tertiary/aromatic N) is 1. The first-order valence-electron chi connectivity index (χ1n) is 4.13. The van der Waals surface area contributed by atoms with Gasteiger partial charge in [0, 0.05) is 11.5 Å². The average molecular weight is 227 g/mol. The predicted molar refractivity (Wildman–Crippen MR) is 55.1 cm³/mol.